The molecule has 2 N–H and O–H groups in total. The summed E-state index contributed by atoms with van der Waals surface area (Å²) >= 11 is 0. The van der Waals surface area contributed by atoms with Gasteiger partial charge in [0.15, 0.2) is 0 Å². The van der Waals surface area contributed by atoms with Crippen molar-refractivity contribution in [3.05, 3.63) is 41.2 Å². The SMILES string of the molecule is COc1ccc2c(c1)CCN(c1cc(N[C@H](C)CO)nc(C3CC3)n1)C2. The third-order valence-electron chi connectivity index (χ3n) is 5.09. The number of methoxy groups -OCH3 is 1. The van der Waals surface area contributed by atoms with Crippen LogP contribution < -0.4 is 15.0 Å². The Morgan fingerprint density at radius 1 is 1.27 bits per heavy atom. The fourth-order valence-electron chi connectivity index (χ4n) is 3.36. The predicted octanol–water partition coefficient (Wildman–Crippen LogP) is 2.72. The van der Waals surface area contributed by atoms with E-state index in [-0.39, 0.29) is 12.6 Å². The van der Waals surface area contributed by atoms with E-state index in [0.717, 1.165) is 42.7 Å². The van der Waals surface area contributed by atoms with Gasteiger partial charge >= 0.3 is 0 Å². The van der Waals surface area contributed by atoms with Crippen molar-refractivity contribution in [2.75, 3.05) is 30.5 Å². The Labute approximate surface area is 154 Å². The maximum Gasteiger partial charge on any atom is 0.136 e. The first-order valence-electron chi connectivity index (χ1n) is 9.33. The fourth-order valence-corrected chi connectivity index (χ4v) is 3.36. The minimum absolute atomic E-state index is 0.0284. The van der Waals surface area contributed by atoms with Crippen LogP contribution in [-0.2, 0) is 13.0 Å². The zero-order valence-electron chi connectivity index (χ0n) is 15.4. The van der Waals surface area contributed by atoms with Gasteiger partial charge in [-0.15, -0.1) is 0 Å². The molecule has 0 spiro atoms. The normalized spacial score (nSPS) is 17.6. The molecule has 1 fully saturated rings. The summed E-state index contributed by atoms with van der Waals surface area (Å²) in [6.45, 7) is 3.80. The van der Waals surface area contributed by atoms with Crippen LogP contribution in [0.15, 0.2) is 24.3 Å². The summed E-state index contributed by atoms with van der Waals surface area (Å²) in [6, 6.07) is 8.29. The van der Waals surface area contributed by atoms with Gasteiger partial charge in [-0.3, -0.25) is 0 Å². The molecule has 1 aliphatic heterocycles. The topological polar surface area (TPSA) is 70.5 Å². The van der Waals surface area contributed by atoms with Crippen LogP contribution in [0.25, 0.3) is 0 Å². The quantitative estimate of drug-likeness (QED) is 0.831. The number of benzene rings is 1. The molecule has 0 saturated heterocycles. The summed E-state index contributed by atoms with van der Waals surface area (Å²) in [7, 11) is 1.71. The van der Waals surface area contributed by atoms with Crippen molar-refractivity contribution < 1.29 is 9.84 Å². The number of ether oxygens (including phenoxy) is 1. The molecule has 1 atom stereocenters. The summed E-state index contributed by atoms with van der Waals surface area (Å²) in [6.07, 6.45) is 3.31. The zero-order valence-corrected chi connectivity index (χ0v) is 15.4. The minimum atomic E-state index is -0.0284. The molecule has 0 unspecified atom stereocenters. The van der Waals surface area contributed by atoms with Gasteiger partial charge in [0, 0.05) is 31.1 Å². The first-order valence-corrected chi connectivity index (χ1v) is 9.33. The number of aliphatic hydroxyl groups excluding tert-OH is 1. The number of aromatic nitrogens is 2. The fraction of sp³-hybridized carbons (Fsp3) is 0.500. The second-order valence-corrected chi connectivity index (χ2v) is 7.28. The highest BCUT2D eigenvalue weighted by molar-refractivity contribution is 5.53. The number of anilines is 2. The second kappa shape index (κ2) is 7.11. The minimum Gasteiger partial charge on any atom is -0.497 e. The number of rotatable bonds is 6. The number of hydrogen-bond acceptors (Lipinski definition) is 6. The molecule has 1 aliphatic carbocycles. The second-order valence-electron chi connectivity index (χ2n) is 7.28. The van der Waals surface area contributed by atoms with Crippen molar-refractivity contribution in [1.82, 2.24) is 9.97 Å². The summed E-state index contributed by atoms with van der Waals surface area (Å²) < 4.78 is 5.34. The lowest BCUT2D eigenvalue weighted by atomic mass is 9.99. The lowest BCUT2D eigenvalue weighted by Gasteiger charge is -2.30. The molecule has 2 heterocycles. The van der Waals surface area contributed by atoms with Crippen molar-refractivity contribution in [3.63, 3.8) is 0 Å². The molecule has 0 bridgehead atoms. The Morgan fingerprint density at radius 3 is 2.85 bits per heavy atom. The van der Waals surface area contributed by atoms with E-state index < -0.39 is 0 Å². The van der Waals surface area contributed by atoms with Gasteiger partial charge in [0.2, 0.25) is 0 Å². The highest BCUT2D eigenvalue weighted by Gasteiger charge is 2.28. The first-order chi connectivity index (χ1) is 12.7. The Kier molecular flexibility index (Phi) is 4.68. The molecule has 6 heteroatoms. The number of aliphatic hydroxyl groups is 1. The Balaban J connectivity index is 1.60. The number of nitrogens with zero attached hydrogens (tertiary/aromatic N) is 3. The van der Waals surface area contributed by atoms with Crippen LogP contribution in [-0.4, -0.2) is 41.4 Å². The van der Waals surface area contributed by atoms with Crippen LogP contribution in [0.4, 0.5) is 11.6 Å². The Hall–Kier alpha value is -2.34. The molecular formula is C20H26N4O2. The summed E-state index contributed by atoms with van der Waals surface area (Å²) in [5.41, 5.74) is 2.67. The van der Waals surface area contributed by atoms with Crippen LogP contribution in [0.1, 0.15) is 42.6 Å². The van der Waals surface area contributed by atoms with Crippen molar-refractivity contribution in [3.8, 4) is 5.75 Å². The van der Waals surface area contributed by atoms with E-state index in [2.05, 4.69) is 27.3 Å². The van der Waals surface area contributed by atoms with Crippen LogP contribution >= 0.6 is 0 Å². The van der Waals surface area contributed by atoms with Gasteiger partial charge in [-0.05, 0) is 49.4 Å². The highest BCUT2D eigenvalue weighted by atomic mass is 16.5. The lowest BCUT2D eigenvalue weighted by Crippen LogP contribution is -2.31. The van der Waals surface area contributed by atoms with E-state index in [1.165, 1.54) is 24.0 Å². The van der Waals surface area contributed by atoms with Crippen LogP contribution in [0.5, 0.6) is 5.75 Å². The molecule has 1 aromatic heterocycles. The summed E-state index contributed by atoms with van der Waals surface area (Å²) in [5, 5.41) is 12.6. The molecule has 1 aromatic carbocycles. The van der Waals surface area contributed by atoms with E-state index in [1.807, 2.05) is 19.1 Å². The monoisotopic (exact) mass is 354 g/mol. The number of hydrogen-bond donors (Lipinski definition) is 2. The maximum atomic E-state index is 9.33. The van der Waals surface area contributed by atoms with Crippen molar-refractivity contribution in [2.24, 2.45) is 0 Å². The third kappa shape index (κ3) is 3.60. The Bertz CT molecular complexity index is 791. The van der Waals surface area contributed by atoms with Gasteiger partial charge in [-0.1, -0.05) is 6.07 Å². The van der Waals surface area contributed by atoms with E-state index in [0.29, 0.717) is 5.92 Å². The average molecular weight is 354 g/mol. The van der Waals surface area contributed by atoms with Gasteiger partial charge in [-0.25, -0.2) is 9.97 Å². The molecule has 26 heavy (non-hydrogen) atoms. The van der Waals surface area contributed by atoms with Gasteiger partial charge in [0.1, 0.15) is 23.2 Å². The smallest absolute Gasteiger partial charge is 0.136 e. The van der Waals surface area contributed by atoms with Crippen molar-refractivity contribution >= 4 is 11.6 Å². The van der Waals surface area contributed by atoms with Crippen molar-refractivity contribution in [2.45, 2.75) is 44.7 Å². The van der Waals surface area contributed by atoms with E-state index in [9.17, 15) is 5.11 Å². The van der Waals surface area contributed by atoms with Crippen LogP contribution in [0.2, 0.25) is 0 Å². The van der Waals surface area contributed by atoms with Gasteiger partial charge in [0.05, 0.1) is 13.7 Å². The standard InChI is InChI=1S/C20H26N4O2/c1-13(12-25)21-18-10-19(23-20(22-18)14-3-4-14)24-8-7-15-9-17(26-2)6-5-16(15)11-24/h5-6,9-10,13-14,25H,3-4,7-8,11-12H2,1-2H3,(H,21,22,23)/t13-/m1/s1. The van der Waals surface area contributed by atoms with Crippen LogP contribution in [0.3, 0.4) is 0 Å². The van der Waals surface area contributed by atoms with E-state index in [1.54, 1.807) is 7.11 Å². The molecule has 6 nitrogen and oxygen atoms in total. The van der Waals surface area contributed by atoms with E-state index in [4.69, 9.17) is 9.72 Å². The maximum absolute atomic E-state index is 9.33. The largest absolute Gasteiger partial charge is 0.497 e. The molecule has 1 saturated carbocycles. The molecule has 0 amide bonds. The molecule has 138 valence electrons. The van der Waals surface area contributed by atoms with Crippen LogP contribution in [0, 0.1) is 0 Å². The van der Waals surface area contributed by atoms with Gasteiger partial charge in [-0.2, -0.15) is 0 Å². The molecule has 0 radical (unpaired) electrons. The lowest BCUT2D eigenvalue weighted by molar-refractivity contribution is 0.281. The summed E-state index contributed by atoms with van der Waals surface area (Å²) in [4.78, 5) is 11.8. The number of fused-ring (bicyclic) bond motifs is 1. The van der Waals surface area contributed by atoms with Gasteiger partial charge in [0.25, 0.3) is 0 Å². The first kappa shape index (κ1) is 17.1. The van der Waals surface area contributed by atoms with E-state index >= 15 is 0 Å². The highest BCUT2D eigenvalue weighted by Crippen LogP contribution is 2.39. The molecular weight excluding hydrogens is 328 g/mol. The number of nitrogens with one attached hydrogen (secondary N) is 1. The van der Waals surface area contributed by atoms with Crippen molar-refractivity contribution in [1.29, 1.82) is 0 Å². The molecule has 4 rings (SSSR count). The Morgan fingerprint density at radius 2 is 2.12 bits per heavy atom. The predicted molar refractivity (Wildman–Crippen MR) is 102 cm³/mol. The molecule has 2 aromatic rings. The molecule has 2 aliphatic rings. The summed E-state index contributed by atoms with van der Waals surface area (Å²) in [5.74, 6) is 4.10. The third-order valence-corrected chi connectivity index (χ3v) is 5.09. The average Bonchev–Trinajstić information content (AvgIpc) is 3.52. The van der Waals surface area contributed by atoms with Gasteiger partial charge < -0.3 is 20.1 Å². The zero-order chi connectivity index (χ0) is 18.1.